The molecule has 4 heteroatoms. The Hall–Kier alpha value is -0.0900. The van der Waals surface area contributed by atoms with E-state index < -0.39 is 9.84 Å². The molecule has 0 rings (SSSR count). The first-order valence-corrected chi connectivity index (χ1v) is 7.57. The first-order chi connectivity index (χ1) is 6.62. The van der Waals surface area contributed by atoms with Crippen LogP contribution in [0.3, 0.4) is 0 Å². The molecule has 0 aromatic rings. The van der Waals surface area contributed by atoms with E-state index in [0.29, 0.717) is 5.92 Å². The van der Waals surface area contributed by atoms with E-state index in [0.717, 1.165) is 19.5 Å². The molecular formula is C11H25NO2S. The van der Waals surface area contributed by atoms with Crippen LogP contribution < -0.4 is 5.32 Å². The highest BCUT2D eigenvalue weighted by atomic mass is 32.2. The standard InChI is InChI=1S/C11H25NO2S/c1-10(2)8-12-9-11(3,4)6-7-15(5,13)14/h10,12H,6-9H2,1-5H3. The van der Waals surface area contributed by atoms with Crippen LogP contribution >= 0.6 is 0 Å². The normalized spacial score (nSPS) is 13.5. The molecule has 0 aliphatic carbocycles. The van der Waals surface area contributed by atoms with Crippen molar-refractivity contribution in [2.45, 2.75) is 34.1 Å². The zero-order chi connectivity index (χ0) is 12.1. The van der Waals surface area contributed by atoms with Crippen LogP contribution in [-0.4, -0.2) is 33.5 Å². The van der Waals surface area contributed by atoms with Gasteiger partial charge in [-0.05, 0) is 24.3 Å². The molecule has 1 N–H and O–H groups in total. The van der Waals surface area contributed by atoms with Gasteiger partial charge in [0.2, 0.25) is 0 Å². The van der Waals surface area contributed by atoms with Crippen molar-refractivity contribution in [1.82, 2.24) is 5.32 Å². The smallest absolute Gasteiger partial charge is 0.147 e. The zero-order valence-corrected chi connectivity index (χ0v) is 11.4. The maximum Gasteiger partial charge on any atom is 0.147 e. The summed E-state index contributed by atoms with van der Waals surface area (Å²) in [4.78, 5) is 0. The molecule has 0 radical (unpaired) electrons. The lowest BCUT2D eigenvalue weighted by Crippen LogP contribution is -2.33. The molecule has 0 amide bonds. The quantitative estimate of drug-likeness (QED) is 0.730. The second-order valence-corrected chi connectivity index (χ2v) is 7.83. The second kappa shape index (κ2) is 5.85. The predicted octanol–water partition coefficient (Wildman–Crippen LogP) is 1.69. The Morgan fingerprint density at radius 2 is 1.80 bits per heavy atom. The minimum Gasteiger partial charge on any atom is -0.316 e. The Morgan fingerprint density at radius 3 is 2.20 bits per heavy atom. The van der Waals surface area contributed by atoms with E-state index in [1.165, 1.54) is 6.26 Å². The van der Waals surface area contributed by atoms with Crippen molar-refractivity contribution in [3.63, 3.8) is 0 Å². The molecule has 0 unspecified atom stereocenters. The first-order valence-electron chi connectivity index (χ1n) is 5.51. The molecule has 0 aliphatic rings. The summed E-state index contributed by atoms with van der Waals surface area (Å²) in [7, 11) is -2.83. The number of nitrogens with one attached hydrogen (secondary N) is 1. The Kier molecular flexibility index (Phi) is 5.81. The van der Waals surface area contributed by atoms with Gasteiger partial charge < -0.3 is 5.32 Å². The summed E-state index contributed by atoms with van der Waals surface area (Å²) in [5.41, 5.74) is 0.0535. The first kappa shape index (κ1) is 14.9. The summed E-state index contributed by atoms with van der Waals surface area (Å²) in [6.07, 6.45) is 2.02. The average molecular weight is 235 g/mol. The van der Waals surface area contributed by atoms with Crippen LogP contribution in [0.1, 0.15) is 34.1 Å². The van der Waals surface area contributed by atoms with Gasteiger partial charge in [0, 0.05) is 12.8 Å². The van der Waals surface area contributed by atoms with Gasteiger partial charge in [-0.1, -0.05) is 27.7 Å². The molecule has 0 spiro atoms. The van der Waals surface area contributed by atoms with Gasteiger partial charge in [0.25, 0.3) is 0 Å². The van der Waals surface area contributed by atoms with E-state index in [1.54, 1.807) is 0 Å². The monoisotopic (exact) mass is 235 g/mol. The fraction of sp³-hybridized carbons (Fsp3) is 1.00. The molecule has 0 saturated heterocycles. The third-order valence-electron chi connectivity index (χ3n) is 2.31. The summed E-state index contributed by atoms with van der Waals surface area (Å²) in [6.45, 7) is 10.4. The molecule has 0 aromatic carbocycles. The molecule has 92 valence electrons. The van der Waals surface area contributed by atoms with Gasteiger partial charge in [0.15, 0.2) is 0 Å². The summed E-state index contributed by atoms with van der Waals surface area (Å²) in [5, 5.41) is 3.37. The van der Waals surface area contributed by atoms with E-state index in [1.807, 2.05) is 0 Å². The zero-order valence-electron chi connectivity index (χ0n) is 10.6. The van der Waals surface area contributed by atoms with Crippen LogP contribution in [-0.2, 0) is 9.84 Å². The molecule has 0 fully saturated rings. The van der Waals surface area contributed by atoms with Gasteiger partial charge in [0.1, 0.15) is 9.84 Å². The summed E-state index contributed by atoms with van der Waals surface area (Å²) >= 11 is 0. The molecule has 0 atom stereocenters. The fourth-order valence-electron chi connectivity index (χ4n) is 1.25. The van der Waals surface area contributed by atoms with Gasteiger partial charge >= 0.3 is 0 Å². The number of sulfone groups is 1. The Bertz CT molecular complexity index is 268. The lowest BCUT2D eigenvalue weighted by molar-refractivity contribution is 0.322. The van der Waals surface area contributed by atoms with E-state index in [-0.39, 0.29) is 11.2 Å². The molecule has 15 heavy (non-hydrogen) atoms. The third kappa shape index (κ3) is 10.2. The Labute approximate surface area is 94.6 Å². The van der Waals surface area contributed by atoms with Crippen LogP contribution in [0.15, 0.2) is 0 Å². The maximum atomic E-state index is 11.0. The highest BCUT2D eigenvalue weighted by Gasteiger charge is 2.19. The van der Waals surface area contributed by atoms with Crippen LogP contribution in [0.4, 0.5) is 0 Å². The summed E-state index contributed by atoms with van der Waals surface area (Å²) in [6, 6.07) is 0. The van der Waals surface area contributed by atoms with Gasteiger partial charge in [0.05, 0.1) is 5.75 Å². The molecular weight excluding hydrogens is 210 g/mol. The van der Waals surface area contributed by atoms with E-state index in [9.17, 15) is 8.42 Å². The van der Waals surface area contributed by atoms with Crippen molar-refractivity contribution >= 4 is 9.84 Å². The predicted molar refractivity (Wildman–Crippen MR) is 65.8 cm³/mol. The number of hydrogen-bond donors (Lipinski definition) is 1. The largest absolute Gasteiger partial charge is 0.316 e. The Morgan fingerprint density at radius 1 is 1.27 bits per heavy atom. The molecule has 0 bridgehead atoms. The van der Waals surface area contributed by atoms with Crippen LogP contribution in [0.2, 0.25) is 0 Å². The fourth-order valence-corrected chi connectivity index (χ4v) is 2.17. The lowest BCUT2D eigenvalue weighted by atomic mass is 9.90. The second-order valence-electron chi connectivity index (χ2n) is 5.57. The van der Waals surface area contributed by atoms with Crippen molar-refractivity contribution in [2.24, 2.45) is 11.3 Å². The number of hydrogen-bond acceptors (Lipinski definition) is 3. The minimum absolute atomic E-state index is 0.0535. The van der Waals surface area contributed by atoms with Crippen molar-refractivity contribution in [3.05, 3.63) is 0 Å². The topological polar surface area (TPSA) is 46.2 Å². The van der Waals surface area contributed by atoms with E-state index >= 15 is 0 Å². The van der Waals surface area contributed by atoms with Gasteiger partial charge in [-0.3, -0.25) is 0 Å². The van der Waals surface area contributed by atoms with Crippen molar-refractivity contribution in [3.8, 4) is 0 Å². The van der Waals surface area contributed by atoms with Gasteiger partial charge in [-0.15, -0.1) is 0 Å². The highest BCUT2D eigenvalue weighted by molar-refractivity contribution is 7.90. The van der Waals surface area contributed by atoms with Crippen molar-refractivity contribution < 1.29 is 8.42 Å². The summed E-state index contributed by atoms with van der Waals surface area (Å²) in [5.74, 6) is 0.916. The average Bonchev–Trinajstić information content (AvgIpc) is 1.99. The minimum atomic E-state index is -2.83. The molecule has 0 aromatic heterocycles. The lowest BCUT2D eigenvalue weighted by Gasteiger charge is -2.25. The van der Waals surface area contributed by atoms with E-state index in [4.69, 9.17) is 0 Å². The van der Waals surface area contributed by atoms with Gasteiger partial charge in [-0.25, -0.2) is 8.42 Å². The van der Waals surface area contributed by atoms with Crippen LogP contribution in [0.5, 0.6) is 0 Å². The Balaban J connectivity index is 3.87. The van der Waals surface area contributed by atoms with Crippen LogP contribution in [0, 0.1) is 11.3 Å². The maximum absolute atomic E-state index is 11.0. The van der Waals surface area contributed by atoms with Crippen molar-refractivity contribution in [1.29, 1.82) is 0 Å². The highest BCUT2D eigenvalue weighted by Crippen LogP contribution is 2.19. The van der Waals surface area contributed by atoms with E-state index in [2.05, 4.69) is 33.0 Å². The molecule has 0 heterocycles. The van der Waals surface area contributed by atoms with Crippen LogP contribution in [0.25, 0.3) is 0 Å². The molecule has 0 saturated carbocycles. The van der Waals surface area contributed by atoms with Gasteiger partial charge in [-0.2, -0.15) is 0 Å². The summed E-state index contributed by atoms with van der Waals surface area (Å²) < 4.78 is 22.1. The SMILES string of the molecule is CC(C)CNCC(C)(C)CCS(C)(=O)=O. The molecule has 3 nitrogen and oxygen atoms in total. The third-order valence-corrected chi connectivity index (χ3v) is 3.25. The number of rotatable bonds is 7. The molecule has 0 aliphatic heterocycles. The van der Waals surface area contributed by atoms with Crippen molar-refractivity contribution in [2.75, 3.05) is 25.1 Å².